The van der Waals surface area contributed by atoms with Crippen LogP contribution in [0, 0.1) is 6.92 Å². The Morgan fingerprint density at radius 2 is 2.05 bits per heavy atom. The van der Waals surface area contributed by atoms with Crippen molar-refractivity contribution in [1.29, 1.82) is 0 Å². The van der Waals surface area contributed by atoms with Gasteiger partial charge in [-0.15, -0.1) is 0 Å². The number of rotatable bonds is 2. The molecule has 2 heterocycles. The highest BCUT2D eigenvalue weighted by Gasteiger charge is 2.14. The van der Waals surface area contributed by atoms with Crippen molar-refractivity contribution < 1.29 is 0 Å². The minimum atomic E-state index is 0.707. The van der Waals surface area contributed by atoms with Gasteiger partial charge in [0.15, 0.2) is 0 Å². The lowest BCUT2D eigenvalue weighted by atomic mass is 10.1. The average molecular weight is 272 g/mol. The molecule has 3 rings (SSSR count). The van der Waals surface area contributed by atoms with Gasteiger partial charge in [0.05, 0.1) is 16.2 Å². The molecule has 0 fully saturated rings. The zero-order valence-corrected chi connectivity index (χ0v) is 11.6. The summed E-state index contributed by atoms with van der Waals surface area (Å²) in [7, 11) is 0. The molecule has 0 spiro atoms. The van der Waals surface area contributed by atoms with E-state index >= 15 is 0 Å². The van der Waals surface area contributed by atoms with Crippen molar-refractivity contribution in [1.82, 2.24) is 14.8 Å². The molecular weight excluding hydrogens is 258 g/mol. The van der Waals surface area contributed by atoms with Gasteiger partial charge < -0.3 is 0 Å². The van der Waals surface area contributed by atoms with Gasteiger partial charge in [-0.2, -0.15) is 5.10 Å². The average Bonchev–Trinajstić information content (AvgIpc) is 2.74. The van der Waals surface area contributed by atoms with E-state index in [1.54, 1.807) is 0 Å². The first-order valence-corrected chi connectivity index (χ1v) is 6.66. The van der Waals surface area contributed by atoms with Crippen LogP contribution >= 0.6 is 11.6 Å². The van der Waals surface area contributed by atoms with Crippen LogP contribution in [0.25, 0.3) is 22.2 Å². The summed E-state index contributed by atoms with van der Waals surface area (Å²) in [5.74, 6) is 0. The number of hydrogen-bond acceptors (Lipinski definition) is 2. The van der Waals surface area contributed by atoms with Gasteiger partial charge in [0.2, 0.25) is 0 Å². The smallest absolute Gasteiger partial charge is 0.113 e. The van der Waals surface area contributed by atoms with Gasteiger partial charge in [-0.3, -0.25) is 9.67 Å². The van der Waals surface area contributed by atoms with Crippen molar-refractivity contribution in [3.63, 3.8) is 0 Å². The van der Waals surface area contributed by atoms with E-state index in [-0.39, 0.29) is 0 Å². The fraction of sp³-hybridized carbons (Fsp3) is 0.200. The normalized spacial score (nSPS) is 11.1. The number of pyridine rings is 1. The standard InChI is InChI=1S/C15H14ClN3/c1-3-19-10(2)14(16)15(18-19)12-8-11-6-4-5-7-13(11)17-9-12/h4-9H,3H2,1-2H3. The van der Waals surface area contributed by atoms with E-state index < -0.39 is 0 Å². The zero-order chi connectivity index (χ0) is 13.4. The van der Waals surface area contributed by atoms with Crippen LogP contribution in [0.5, 0.6) is 0 Å². The number of fused-ring (bicyclic) bond motifs is 1. The van der Waals surface area contributed by atoms with Crippen LogP contribution < -0.4 is 0 Å². The lowest BCUT2D eigenvalue weighted by Crippen LogP contribution is -1.98. The SMILES string of the molecule is CCn1nc(-c2cnc3ccccc3c2)c(Cl)c1C. The summed E-state index contributed by atoms with van der Waals surface area (Å²) in [4.78, 5) is 4.46. The minimum Gasteiger partial charge on any atom is -0.268 e. The van der Waals surface area contributed by atoms with E-state index in [0.29, 0.717) is 5.02 Å². The molecule has 0 aliphatic heterocycles. The first-order valence-electron chi connectivity index (χ1n) is 6.28. The Bertz CT molecular complexity index is 746. The molecule has 3 nitrogen and oxygen atoms in total. The second-order valence-corrected chi connectivity index (χ2v) is 4.86. The Hall–Kier alpha value is -1.87. The Labute approximate surface area is 116 Å². The van der Waals surface area contributed by atoms with Gasteiger partial charge in [-0.05, 0) is 26.0 Å². The van der Waals surface area contributed by atoms with Crippen molar-refractivity contribution in [3.05, 3.63) is 47.2 Å². The molecule has 0 radical (unpaired) electrons. The van der Waals surface area contributed by atoms with E-state index in [2.05, 4.69) is 23.1 Å². The number of halogens is 1. The van der Waals surface area contributed by atoms with Crippen LogP contribution in [0.4, 0.5) is 0 Å². The Kier molecular flexibility index (Phi) is 2.99. The molecule has 0 saturated carbocycles. The molecule has 0 atom stereocenters. The molecule has 0 aliphatic carbocycles. The third kappa shape index (κ3) is 2.00. The van der Waals surface area contributed by atoms with E-state index in [0.717, 1.165) is 34.4 Å². The van der Waals surface area contributed by atoms with Gasteiger partial charge in [0.25, 0.3) is 0 Å². The molecular formula is C15H14ClN3. The van der Waals surface area contributed by atoms with Crippen molar-refractivity contribution in [3.8, 4) is 11.3 Å². The first kappa shape index (κ1) is 12.2. The maximum atomic E-state index is 6.37. The summed E-state index contributed by atoms with van der Waals surface area (Å²) in [5.41, 5.74) is 3.74. The number of aryl methyl sites for hydroxylation is 1. The monoisotopic (exact) mass is 271 g/mol. The first-order chi connectivity index (χ1) is 9.20. The summed E-state index contributed by atoms with van der Waals surface area (Å²) < 4.78 is 1.91. The predicted octanol–water partition coefficient (Wildman–Crippen LogP) is 4.08. The highest BCUT2D eigenvalue weighted by molar-refractivity contribution is 6.33. The maximum Gasteiger partial charge on any atom is 0.113 e. The van der Waals surface area contributed by atoms with Crippen LogP contribution in [0.3, 0.4) is 0 Å². The largest absolute Gasteiger partial charge is 0.268 e. The topological polar surface area (TPSA) is 30.7 Å². The second kappa shape index (κ2) is 4.67. The van der Waals surface area contributed by atoms with Crippen LogP contribution in [-0.2, 0) is 6.54 Å². The molecule has 0 unspecified atom stereocenters. The Morgan fingerprint density at radius 3 is 2.79 bits per heavy atom. The lowest BCUT2D eigenvalue weighted by Gasteiger charge is -2.00. The van der Waals surface area contributed by atoms with Gasteiger partial charge in [-0.1, -0.05) is 29.8 Å². The number of aromatic nitrogens is 3. The molecule has 4 heteroatoms. The third-order valence-electron chi connectivity index (χ3n) is 3.30. The van der Waals surface area contributed by atoms with Crippen LogP contribution in [0.15, 0.2) is 36.5 Å². The van der Waals surface area contributed by atoms with E-state index in [9.17, 15) is 0 Å². The van der Waals surface area contributed by atoms with E-state index in [4.69, 9.17) is 11.6 Å². The van der Waals surface area contributed by atoms with Crippen molar-refractivity contribution in [2.24, 2.45) is 0 Å². The molecule has 3 aromatic rings. The van der Waals surface area contributed by atoms with Crippen molar-refractivity contribution in [2.45, 2.75) is 20.4 Å². The summed E-state index contributed by atoms with van der Waals surface area (Å²) >= 11 is 6.37. The number of hydrogen-bond donors (Lipinski definition) is 0. The maximum absolute atomic E-state index is 6.37. The quantitative estimate of drug-likeness (QED) is 0.703. The summed E-state index contributed by atoms with van der Waals surface area (Å²) in [6.07, 6.45) is 1.83. The molecule has 0 amide bonds. The van der Waals surface area contributed by atoms with Crippen LogP contribution in [0.2, 0.25) is 5.02 Å². The van der Waals surface area contributed by atoms with Crippen molar-refractivity contribution in [2.75, 3.05) is 0 Å². The molecule has 2 aromatic heterocycles. The van der Waals surface area contributed by atoms with Crippen LogP contribution in [-0.4, -0.2) is 14.8 Å². The zero-order valence-electron chi connectivity index (χ0n) is 10.9. The van der Waals surface area contributed by atoms with Gasteiger partial charge >= 0.3 is 0 Å². The molecule has 0 bridgehead atoms. The van der Waals surface area contributed by atoms with Gasteiger partial charge in [-0.25, -0.2) is 0 Å². The molecule has 1 aromatic carbocycles. The Morgan fingerprint density at radius 1 is 1.26 bits per heavy atom. The molecule has 0 aliphatic rings. The molecule has 0 N–H and O–H groups in total. The third-order valence-corrected chi connectivity index (χ3v) is 3.75. The lowest BCUT2D eigenvalue weighted by molar-refractivity contribution is 0.642. The number of benzene rings is 1. The van der Waals surface area contributed by atoms with Crippen LogP contribution in [0.1, 0.15) is 12.6 Å². The highest BCUT2D eigenvalue weighted by atomic mass is 35.5. The van der Waals surface area contributed by atoms with Crippen molar-refractivity contribution >= 4 is 22.5 Å². The van der Waals surface area contributed by atoms with Gasteiger partial charge in [0, 0.05) is 23.7 Å². The number of nitrogens with zero attached hydrogens (tertiary/aromatic N) is 3. The minimum absolute atomic E-state index is 0.707. The van der Waals surface area contributed by atoms with E-state index in [1.165, 1.54) is 0 Å². The highest BCUT2D eigenvalue weighted by Crippen LogP contribution is 2.30. The fourth-order valence-corrected chi connectivity index (χ4v) is 2.46. The second-order valence-electron chi connectivity index (χ2n) is 4.48. The molecule has 96 valence electrons. The summed E-state index contributed by atoms with van der Waals surface area (Å²) in [6, 6.07) is 10.1. The van der Waals surface area contributed by atoms with Gasteiger partial charge in [0.1, 0.15) is 5.69 Å². The van der Waals surface area contributed by atoms with E-state index in [1.807, 2.05) is 42.1 Å². The number of para-hydroxylation sites is 1. The Balaban J connectivity index is 2.19. The molecule has 19 heavy (non-hydrogen) atoms. The molecule has 0 saturated heterocycles. The predicted molar refractivity (Wildman–Crippen MR) is 78.4 cm³/mol. The summed E-state index contributed by atoms with van der Waals surface area (Å²) in [6.45, 7) is 4.85. The summed E-state index contributed by atoms with van der Waals surface area (Å²) in [5, 5.41) is 6.35. The fourth-order valence-electron chi connectivity index (χ4n) is 2.22.